The number of hydrogen-bond donors (Lipinski definition) is 0. The van der Waals surface area contributed by atoms with Crippen molar-refractivity contribution in [3.05, 3.63) is 0 Å². The van der Waals surface area contributed by atoms with E-state index >= 15 is 0 Å². The molecule has 184 valence electrons. The van der Waals surface area contributed by atoms with Gasteiger partial charge >= 0.3 is 0 Å². The minimum absolute atomic E-state index is 0.952. The van der Waals surface area contributed by atoms with Gasteiger partial charge < -0.3 is 0 Å². The average molecular weight is 486 g/mol. The molecule has 0 bridgehead atoms. The maximum Gasteiger partial charge on any atom is 0.0237 e. The second-order valence-corrected chi connectivity index (χ2v) is 16.5. The van der Waals surface area contributed by atoms with Crippen molar-refractivity contribution in [2.45, 2.75) is 148 Å². The molecule has 3 heterocycles. The highest BCUT2D eigenvalue weighted by Crippen LogP contribution is 2.65. The second-order valence-electron chi connectivity index (χ2n) is 13.7. The summed E-state index contributed by atoms with van der Waals surface area (Å²) >= 11 is 5.12. The maximum atomic E-state index is 3.32. The van der Waals surface area contributed by atoms with Crippen LogP contribution < -0.4 is 0 Å². The Morgan fingerprint density at radius 2 is 1.00 bits per heavy atom. The fraction of sp³-hybridized carbons (Fsp3) is 1.00. The van der Waals surface area contributed by atoms with E-state index in [1.165, 1.54) is 32.1 Å². The van der Waals surface area contributed by atoms with Gasteiger partial charge in [0.25, 0.3) is 0 Å². The summed E-state index contributed by atoms with van der Waals surface area (Å²) in [6.07, 6.45) is 26.5. The molecule has 0 aromatic heterocycles. The van der Waals surface area contributed by atoms with Crippen LogP contribution in [0, 0.1) is 35.5 Å². The summed E-state index contributed by atoms with van der Waals surface area (Å²) in [5.74, 6) is 6.53. The summed E-state index contributed by atoms with van der Waals surface area (Å²) in [4.78, 5) is 3.32. The summed E-state index contributed by atoms with van der Waals surface area (Å²) in [6.45, 7) is 0. The van der Waals surface area contributed by atoms with Crippen LogP contribution in [-0.4, -0.2) is 44.0 Å². The van der Waals surface area contributed by atoms with Crippen LogP contribution in [0.2, 0.25) is 0 Å². The van der Waals surface area contributed by atoms with Gasteiger partial charge in [-0.2, -0.15) is 23.5 Å². The van der Waals surface area contributed by atoms with Gasteiger partial charge in [0.05, 0.1) is 0 Å². The van der Waals surface area contributed by atoms with E-state index in [2.05, 4.69) is 28.4 Å². The minimum Gasteiger partial charge on any atom is -0.293 e. The van der Waals surface area contributed by atoms with Crippen molar-refractivity contribution in [3.63, 3.8) is 0 Å². The third-order valence-corrected chi connectivity index (χ3v) is 16.4. The lowest BCUT2D eigenvalue weighted by Crippen LogP contribution is -2.53. The molecule has 0 aromatic rings. The molecule has 13 atom stereocenters. The van der Waals surface area contributed by atoms with Gasteiger partial charge in [-0.3, -0.25) is 4.90 Å². The Hall–Kier alpha value is 0.660. The zero-order valence-corrected chi connectivity index (χ0v) is 22.4. The molecular weight excluding hydrogens is 438 g/mol. The predicted molar refractivity (Wildman–Crippen MR) is 143 cm³/mol. The summed E-state index contributed by atoms with van der Waals surface area (Å²) in [7, 11) is 0. The first-order chi connectivity index (χ1) is 16.4. The summed E-state index contributed by atoms with van der Waals surface area (Å²) in [6, 6.07) is 2.92. The summed E-state index contributed by atoms with van der Waals surface area (Å²) in [5.41, 5.74) is 0. The standard InChI is InChI=1S/C30H47NS2/c1-4-12-23-18(8-1)19-9-2-5-13-24(19)31(23)25-14-7-11-20-21-16-17-27-28(30(21)33-29(20)25)22-10-3-6-15-26(22)32-27/h18-30H,1-17H2. The number of fused-ring (bicyclic) bond motifs is 10. The highest BCUT2D eigenvalue weighted by molar-refractivity contribution is 8.02. The molecule has 5 aliphatic carbocycles. The van der Waals surface area contributed by atoms with Crippen LogP contribution in [0.25, 0.3) is 0 Å². The van der Waals surface area contributed by atoms with Crippen molar-refractivity contribution in [2.24, 2.45) is 35.5 Å². The molecule has 33 heavy (non-hydrogen) atoms. The van der Waals surface area contributed by atoms with Gasteiger partial charge in [-0.1, -0.05) is 44.9 Å². The van der Waals surface area contributed by atoms with Gasteiger partial charge in [-0.05, 0) is 99.7 Å². The normalized spacial score (nSPS) is 58.0. The van der Waals surface area contributed by atoms with Gasteiger partial charge in [0.2, 0.25) is 0 Å². The molecule has 3 saturated heterocycles. The Kier molecular flexibility index (Phi) is 5.67. The molecule has 5 saturated carbocycles. The molecule has 13 unspecified atom stereocenters. The Morgan fingerprint density at radius 1 is 0.394 bits per heavy atom. The van der Waals surface area contributed by atoms with Crippen LogP contribution in [0.5, 0.6) is 0 Å². The van der Waals surface area contributed by atoms with Gasteiger partial charge in [-0.25, -0.2) is 0 Å². The van der Waals surface area contributed by atoms with Crippen LogP contribution in [0.4, 0.5) is 0 Å². The average Bonchev–Trinajstić information content (AvgIpc) is 3.53. The van der Waals surface area contributed by atoms with Crippen molar-refractivity contribution in [3.8, 4) is 0 Å². The van der Waals surface area contributed by atoms with Crippen LogP contribution in [-0.2, 0) is 0 Å². The first-order valence-electron chi connectivity index (χ1n) is 15.5. The smallest absolute Gasteiger partial charge is 0.0237 e. The molecule has 8 aliphatic rings. The van der Waals surface area contributed by atoms with Crippen LogP contribution in [0.3, 0.4) is 0 Å². The molecule has 8 fully saturated rings. The zero-order chi connectivity index (χ0) is 21.5. The quantitative estimate of drug-likeness (QED) is 0.373. The fourth-order valence-electron chi connectivity index (χ4n) is 11.6. The first kappa shape index (κ1) is 21.7. The minimum atomic E-state index is 0.952. The van der Waals surface area contributed by atoms with Crippen molar-refractivity contribution in [1.29, 1.82) is 0 Å². The molecule has 0 radical (unpaired) electrons. The third-order valence-electron chi connectivity index (χ3n) is 12.6. The topological polar surface area (TPSA) is 3.24 Å². The van der Waals surface area contributed by atoms with Gasteiger partial charge in [0, 0.05) is 39.1 Å². The van der Waals surface area contributed by atoms with E-state index in [9.17, 15) is 0 Å². The fourth-order valence-corrected chi connectivity index (χ4v) is 16.2. The van der Waals surface area contributed by atoms with E-state index in [-0.39, 0.29) is 0 Å². The molecule has 0 spiro atoms. The number of thioether (sulfide) groups is 2. The van der Waals surface area contributed by atoms with E-state index in [0.29, 0.717) is 0 Å². The van der Waals surface area contributed by atoms with Crippen LogP contribution in [0.1, 0.15) is 109 Å². The van der Waals surface area contributed by atoms with Crippen LogP contribution in [0.15, 0.2) is 0 Å². The summed E-state index contributed by atoms with van der Waals surface area (Å²) < 4.78 is 0. The number of rotatable bonds is 1. The van der Waals surface area contributed by atoms with Crippen molar-refractivity contribution in [1.82, 2.24) is 4.90 Å². The molecular formula is C30H47NS2. The lowest BCUT2D eigenvalue weighted by molar-refractivity contribution is 0.0458. The molecule has 3 heteroatoms. The molecule has 0 N–H and O–H groups in total. The lowest BCUT2D eigenvalue weighted by atomic mass is 9.65. The van der Waals surface area contributed by atoms with Gasteiger partial charge in [-0.15, -0.1) is 0 Å². The number of nitrogens with zero attached hydrogens (tertiary/aromatic N) is 1. The molecule has 1 nitrogen and oxygen atoms in total. The largest absolute Gasteiger partial charge is 0.293 e. The van der Waals surface area contributed by atoms with E-state index in [4.69, 9.17) is 0 Å². The van der Waals surface area contributed by atoms with Gasteiger partial charge in [0.1, 0.15) is 0 Å². The monoisotopic (exact) mass is 485 g/mol. The van der Waals surface area contributed by atoms with E-state index in [1.54, 1.807) is 77.0 Å². The third kappa shape index (κ3) is 3.29. The SMILES string of the molecule is C1CCC2C(C1)SC1CCC3C4CCCC(N5C6CCCCC6C6CCCCC65)C4SC3C12. The Morgan fingerprint density at radius 3 is 1.79 bits per heavy atom. The molecule has 0 amide bonds. The van der Waals surface area contributed by atoms with E-state index in [0.717, 1.165) is 74.6 Å². The molecule has 0 aromatic carbocycles. The van der Waals surface area contributed by atoms with E-state index in [1.807, 2.05) is 0 Å². The number of hydrogen-bond acceptors (Lipinski definition) is 3. The number of likely N-dealkylation sites (tertiary alicyclic amines) is 1. The first-order valence-corrected chi connectivity index (χ1v) is 17.4. The van der Waals surface area contributed by atoms with Crippen molar-refractivity contribution >= 4 is 23.5 Å². The van der Waals surface area contributed by atoms with Gasteiger partial charge in [0.15, 0.2) is 0 Å². The van der Waals surface area contributed by atoms with Crippen molar-refractivity contribution in [2.75, 3.05) is 0 Å². The summed E-state index contributed by atoms with van der Waals surface area (Å²) in [5, 5.41) is 4.15. The Balaban J connectivity index is 1.10. The molecule has 3 aliphatic heterocycles. The van der Waals surface area contributed by atoms with Crippen molar-refractivity contribution < 1.29 is 0 Å². The Bertz CT molecular complexity index is 719. The second kappa shape index (κ2) is 8.61. The van der Waals surface area contributed by atoms with Crippen LogP contribution >= 0.6 is 23.5 Å². The maximum absolute atomic E-state index is 3.32. The molecule has 8 rings (SSSR count). The predicted octanol–water partition coefficient (Wildman–Crippen LogP) is 7.77. The highest BCUT2D eigenvalue weighted by Gasteiger charge is 2.61. The Labute approximate surface area is 211 Å². The van der Waals surface area contributed by atoms with E-state index < -0.39 is 0 Å². The lowest BCUT2D eigenvalue weighted by Gasteiger charge is -2.47. The zero-order valence-electron chi connectivity index (χ0n) is 20.8. The highest BCUT2D eigenvalue weighted by atomic mass is 32.2.